The van der Waals surface area contributed by atoms with Gasteiger partial charge in [-0.1, -0.05) is 0 Å². The molecule has 0 saturated heterocycles. The third kappa shape index (κ3) is 3.91. The summed E-state index contributed by atoms with van der Waals surface area (Å²) in [5.74, 6) is -2.31. The van der Waals surface area contributed by atoms with Gasteiger partial charge >= 0.3 is 5.97 Å². The van der Waals surface area contributed by atoms with Crippen LogP contribution in [0.25, 0.3) is 0 Å². The maximum Gasteiger partial charge on any atom is 0.308 e. The molecule has 2 atom stereocenters. The molecule has 0 radical (unpaired) electrons. The Balaban J connectivity index is 3.05. The lowest BCUT2D eigenvalue weighted by atomic mass is 10.0. The van der Waals surface area contributed by atoms with Gasteiger partial charge in [0.15, 0.2) is 0 Å². The summed E-state index contributed by atoms with van der Waals surface area (Å²) < 4.78 is 4.93. The van der Waals surface area contributed by atoms with Gasteiger partial charge in [0.1, 0.15) is 11.3 Å². The van der Waals surface area contributed by atoms with Gasteiger partial charge in [-0.15, -0.1) is 0 Å². The molecule has 0 aliphatic carbocycles. The van der Waals surface area contributed by atoms with Crippen LogP contribution in [-0.2, 0) is 4.79 Å². The number of ether oxygens (including phenoxy) is 1. The maximum absolute atomic E-state index is 12.1. The lowest BCUT2D eigenvalue weighted by Crippen LogP contribution is -2.40. The van der Waals surface area contributed by atoms with Crippen molar-refractivity contribution in [3.8, 4) is 5.75 Å². The molecule has 0 aliphatic rings. The second-order valence-electron chi connectivity index (χ2n) is 4.53. The van der Waals surface area contributed by atoms with Crippen molar-refractivity contribution in [1.82, 2.24) is 5.32 Å². The zero-order chi connectivity index (χ0) is 16.2. The number of carboxylic acid groups (broad SMARTS) is 1. The monoisotopic (exact) mass is 296 g/mol. The van der Waals surface area contributed by atoms with E-state index < -0.39 is 28.8 Å². The number of carbonyl (C=O) groups is 2. The van der Waals surface area contributed by atoms with Gasteiger partial charge in [-0.05, 0) is 26.0 Å². The smallest absolute Gasteiger partial charge is 0.308 e. The van der Waals surface area contributed by atoms with Crippen molar-refractivity contribution in [3.05, 3.63) is 33.9 Å². The van der Waals surface area contributed by atoms with Gasteiger partial charge in [0.05, 0.1) is 18.0 Å². The Morgan fingerprint density at radius 2 is 2.00 bits per heavy atom. The number of nitrogens with one attached hydrogen (secondary N) is 1. The molecule has 0 heterocycles. The van der Waals surface area contributed by atoms with E-state index in [9.17, 15) is 19.7 Å². The van der Waals surface area contributed by atoms with Crippen LogP contribution >= 0.6 is 0 Å². The normalized spacial score (nSPS) is 13.1. The maximum atomic E-state index is 12.1. The van der Waals surface area contributed by atoms with Gasteiger partial charge in [0.25, 0.3) is 11.6 Å². The van der Waals surface area contributed by atoms with Crippen molar-refractivity contribution >= 4 is 17.6 Å². The molecule has 0 spiro atoms. The van der Waals surface area contributed by atoms with E-state index in [-0.39, 0.29) is 11.3 Å². The zero-order valence-corrected chi connectivity index (χ0v) is 11.8. The van der Waals surface area contributed by atoms with Crippen LogP contribution < -0.4 is 10.1 Å². The predicted octanol–water partition coefficient (Wildman–Crippen LogP) is 1.44. The Hall–Kier alpha value is -2.64. The first-order chi connectivity index (χ1) is 9.77. The predicted molar refractivity (Wildman–Crippen MR) is 73.4 cm³/mol. The van der Waals surface area contributed by atoms with Gasteiger partial charge in [-0.25, -0.2) is 0 Å². The van der Waals surface area contributed by atoms with Crippen molar-refractivity contribution in [2.24, 2.45) is 5.92 Å². The number of hydrogen-bond donors (Lipinski definition) is 2. The van der Waals surface area contributed by atoms with Gasteiger partial charge in [0, 0.05) is 12.1 Å². The summed E-state index contributed by atoms with van der Waals surface area (Å²) in [5.41, 5.74) is -0.549. The Kier molecular flexibility index (Phi) is 5.23. The molecule has 8 nitrogen and oxygen atoms in total. The molecule has 2 unspecified atom stereocenters. The first kappa shape index (κ1) is 16.4. The molecule has 1 aromatic carbocycles. The summed E-state index contributed by atoms with van der Waals surface area (Å²) in [6, 6.07) is 3.10. The minimum absolute atomic E-state index is 0.177. The topological polar surface area (TPSA) is 119 Å². The summed E-state index contributed by atoms with van der Waals surface area (Å²) in [5, 5.41) is 22.3. The molecule has 1 amide bonds. The molecule has 0 aliphatic heterocycles. The number of aliphatic carboxylic acids is 1. The van der Waals surface area contributed by atoms with E-state index in [1.165, 1.54) is 39.2 Å². The summed E-state index contributed by atoms with van der Waals surface area (Å²) >= 11 is 0. The fourth-order valence-corrected chi connectivity index (χ4v) is 1.61. The van der Waals surface area contributed by atoms with Crippen molar-refractivity contribution in [1.29, 1.82) is 0 Å². The molecule has 8 heteroatoms. The Bertz CT molecular complexity index is 572. The highest BCUT2D eigenvalue weighted by molar-refractivity contribution is 5.99. The molecule has 1 aromatic rings. The molecule has 21 heavy (non-hydrogen) atoms. The van der Waals surface area contributed by atoms with Crippen molar-refractivity contribution in [3.63, 3.8) is 0 Å². The van der Waals surface area contributed by atoms with E-state index in [0.29, 0.717) is 5.75 Å². The van der Waals surface area contributed by atoms with E-state index in [2.05, 4.69) is 5.32 Å². The largest absolute Gasteiger partial charge is 0.497 e. The minimum atomic E-state index is -1.07. The zero-order valence-electron chi connectivity index (χ0n) is 11.8. The van der Waals surface area contributed by atoms with E-state index >= 15 is 0 Å². The summed E-state index contributed by atoms with van der Waals surface area (Å²) in [4.78, 5) is 33.2. The van der Waals surface area contributed by atoms with Crippen molar-refractivity contribution in [2.75, 3.05) is 7.11 Å². The molecule has 0 aromatic heterocycles. The SMILES string of the molecule is COc1ccc([N+](=O)[O-])c(C(=O)NC(C)C(C)C(=O)O)c1. The molecule has 114 valence electrons. The van der Waals surface area contributed by atoms with Crippen LogP contribution in [0, 0.1) is 16.0 Å². The second kappa shape index (κ2) is 6.69. The number of carbonyl (C=O) groups excluding carboxylic acids is 1. The number of carboxylic acids is 1. The van der Waals surface area contributed by atoms with E-state index in [4.69, 9.17) is 9.84 Å². The second-order valence-corrected chi connectivity index (χ2v) is 4.53. The Morgan fingerprint density at radius 1 is 1.38 bits per heavy atom. The summed E-state index contributed by atoms with van der Waals surface area (Å²) in [6.07, 6.45) is 0. The average molecular weight is 296 g/mol. The highest BCUT2D eigenvalue weighted by Gasteiger charge is 2.26. The van der Waals surface area contributed by atoms with Crippen LogP contribution in [-0.4, -0.2) is 35.1 Å². The highest BCUT2D eigenvalue weighted by Crippen LogP contribution is 2.24. The number of nitro groups is 1. The lowest BCUT2D eigenvalue weighted by molar-refractivity contribution is -0.385. The number of amides is 1. The molecule has 1 rings (SSSR count). The highest BCUT2D eigenvalue weighted by atomic mass is 16.6. The van der Waals surface area contributed by atoms with E-state index in [1.54, 1.807) is 0 Å². The molecular weight excluding hydrogens is 280 g/mol. The van der Waals surface area contributed by atoms with Crippen LogP contribution in [0.15, 0.2) is 18.2 Å². The number of methoxy groups -OCH3 is 1. The quantitative estimate of drug-likeness (QED) is 0.605. The van der Waals surface area contributed by atoms with Crippen LogP contribution in [0.4, 0.5) is 5.69 Å². The first-order valence-corrected chi connectivity index (χ1v) is 6.14. The first-order valence-electron chi connectivity index (χ1n) is 6.14. The number of nitro benzene ring substituents is 1. The van der Waals surface area contributed by atoms with Gasteiger partial charge in [-0.2, -0.15) is 0 Å². The number of rotatable bonds is 6. The summed E-state index contributed by atoms with van der Waals surface area (Å²) in [6.45, 7) is 2.95. The van der Waals surface area contributed by atoms with Crippen LogP contribution in [0.3, 0.4) is 0 Å². The third-order valence-electron chi connectivity index (χ3n) is 3.14. The van der Waals surface area contributed by atoms with Crippen LogP contribution in [0.5, 0.6) is 5.75 Å². The van der Waals surface area contributed by atoms with Gasteiger partial charge in [-0.3, -0.25) is 19.7 Å². The number of hydrogen-bond acceptors (Lipinski definition) is 5. The fourth-order valence-electron chi connectivity index (χ4n) is 1.61. The van der Waals surface area contributed by atoms with Crippen LogP contribution in [0.1, 0.15) is 24.2 Å². The van der Waals surface area contributed by atoms with E-state index in [1.807, 2.05) is 0 Å². The van der Waals surface area contributed by atoms with E-state index in [0.717, 1.165) is 0 Å². The van der Waals surface area contributed by atoms with Crippen molar-refractivity contribution in [2.45, 2.75) is 19.9 Å². The molecular formula is C13H16N2O6. The summed E-state index contributed by atoms with van der Waals surface area (Å²) in [7, 11) is 1.37. The van der Waals surface area contributed by atoms with Gasteiger partial charge < -0.3 is 15.2 Å². The fraction of sp³-hybridized carbons (Fsp3) is 0.385. The Labute approximate surface area is 120 Å². The molecule has 0 saturated carbocycles. The standard InChI is InChI=1S/C13H16N2O6/c1-7(13(17)18)8(2)14-12(16)10-6-9(21-3)4-5-11(10)15(19)20/h4-8H,1-3H3,(H,14,16)(H,17,18). The molecule has 0 fully saturated rings. The Morgan fingerprint density at radius 3 is 2.48 bits per heavy atom. The molecule has 2 N–H and O–H groups in total. The van der Waals surface area contributed by atoms with Crippen molar-refractivity contribution < 1.29 is 24.4 Å². The lowest BCUT2D eigenvalue weighted by Gasteiger charge is -2.17. The average Bonchev–Trinajstić information content (AvgIpc) is 2.45. The van der Waals surface area contributed by atoms with Gasteiger partial charge in [0.2, 0.25) is 0 Å². The van der Waals surface area contributed by atoms with Crippen LogP contribution in [0.2, 0.25) is 0 Å². The number of nitrogens with zero attached hydrogens (tertiary/aromatic N) is 1. The molecule has 0 bridgehead atoms. The minimum Gasteiger partial charge on any atom is -0.497 e. The third-order valence-corrected chi connectivity index (χ3v) is 3.14. The number of benzene rings is 1.